The lowest BCUT2D eigenvalue weighted by molar-refractivity contribution is -0.384. The molecule has 2 fully saturated rings. The van der Waals surface area contributed by atoms with Gasteiger partial charge >= 0.3 is 0 Å². The molecule has 2 aromatic rings. The molecule has 0 atom stereocenters. The van der Waals surface area contributed by atoms with Crippen molar-refractivity contribution < 1.29 is 19.2 Å². The third-order valence-electron chi connectivity index (χ3n) is 6.37. The molecular weight excluding hydrogens is 450 g/mol. The molecule has 0 unspecified atom stereocenters. The highest BCUT2D eigenvalue weighted by Crippen LogP contribution is 2.28. The number of carbonyl (C=O) groups excluding carboxylic acids is 2. The van der Waals surface area contributed by atoms with E-state index in [4.69, 9.17) is 4.74 Å². The number of nitrogens with one attached hydrogen (secondary N) is 1. The maximum Gasteiger partial charge on any atom is 0.270 e. The van der Waals surface area contributed by atoms with Crippen molar-refractivity contribution in [2.45, 2.75) is 19.8 Å². The summed E-state index contributed by atoms with van der Waals surface area (Å²) in [5.41, 5.74) is 2.42. The normalized spacial score (nSPS) is 16.2. The zero-order valence-corrected chi connectivity index (χ0v) is 19.9. The first-order chi connectivity index (χ1) is 17.0. The van der Waals surface area contributed by atoms with Gasteiger partial charge in [0.25, 0.3) is 11.6 Å². The van der Waals surface area contributed by atoms with Crippen molar-refractivity contribution in [3.8, 4) is 0 Å². The number of carbonyl (C=O) groups is 2. The van der Waals surface area contributed by atoms with Crippen LogP contribution in [0.25, 0.3) is 0 Å². The Bertz CT molecular complexity index is 1060. The summed E-state index contributed by atoms with van der Waals surface area (Å²) in [4.78, 5) is 42.2. The van der Waals surface area contributed by atoms with E-state index in [0.717, 1.165) is 25.2 Å². The fourth-order valence-corrected chi connectivity index (χ4v) is 4.44. The van der Waals surface area contributed by atoms with Crippen LogP contribution in [0.1, 0.15) is 30.1 Å². The maximum atomic E-state index is 13.2. The summed E-state index contributed by atoms with van der Waals surface area (Å²) >= 11 is 0. The molecule has 186 valence electrons. The molecule has 1 N–H and O–H groups in total. The van der Waals surface area contributed by atoms with Crippen molar-refractivity contribution in [2.24, 2.45) is 0 Å². The topological polar surface area (TPSA) is 108 Å². The Kier molecular flexibility index (Phi) is 7.81. The van der Waals surface area contributed by atoms with Crippen molar-refractivity contribution in [3.63, 3.8) is 0 Å². The molecule has 2 heterocycles. The second kappa shape index (κ2) is 11.2. The average Bonchev–Trinajstić information content (AvgIpc) is 2.89. The number of benzene rings is 2. The van der Waals surface area contributed by atoms with Gasteiger partial charge < -0.3 is 24.8 Å². The van der Waals surface area contributed by atoms with Crippen LogP contribution in [-0.4, -0.2) is 74.1 Å². The lowest BCUT2D eigenvalue weighted by Gasteiger charge is -2.36. The summed E-state index contributed by atoms with van der Waals surface area (Å²) in [6.45, 7) is 7.25. The Hall–Kier alpha value is -3.66. The van der Waals surface area contributed by atoms with Gasteiger partial charge in [-0.2, -0.15) is 0 Å². The molecular formula is C25H31N5O5. The van der Waals surface area contributed by atoms with Crippen LogP contribution >= 0.6 is 0 Å². The van der Waals surface area contributed by atoms with E-state index < -0.39 is 10.8 Å². The number of rotatable bonds is 7. The van der Waals surface area contributed by atoms with Crippen LogP contribution in [0.3, 0.4) is 0 Å². The van der Waals surface area contributed by atoms with E-state index in [9.17, 15) is 19.7 Å². The molecule has 2 amide bonds. The Morgan fingerprint density at radius 1 is 0.971 bits per heavy atom. The summed E-state index contributed by atoms with van der Waals surface area (Å²) in [5.74, 6) is -0.186. The van der Waals surface area contributed by atoms with Crippen LogP contribution in [0, 0.1) is 10.1 Å². The second-order valence-corrected chi connectivity index (χ2v) is 8.68. The molecule has 0 saturated carbocycles. The first-order valence-corrected chi connectivity index (χ1v) is 12.0. The number of non-ortho nitro benzene ring substituents is 1. The lowest BCUT2D eigenvalue weighted by Crippen LogP contribution is -2.48. The van der Waals surface area contributed by atoms with E-state index in [1.807, 2.05) is 41.0 Å². The minimum absolute atomic E-state index is 0.126. The molecule has 2 saturated heterocycles. The van der Waals surface area contributed by atoms with Crippen LogP contribution < -0.4 is 15.1 Å². The minimum atomic E-state index is -0.496. The number of anilines is 3. The molecule has 2 aliphatic rings. The highest BCUT2D eigenvalue weighted by Gasteiger charge is 2.23. The van der Waals surface area contributed by atoms with E-state index in [1.54, 1.807) is 6.07 Å². The van der Waals surface area contributed by atoms with Crippen molar-refractivity contribution in [2.75, 3.05) is 67.6 Å². The Balaban J connectivity index is 1.43. The predicted octanol–water partition coefficient (Wildman–Crippen LogP) is 3.13. The first-order valence-electron chi connectivity index (χ1n) is 12.0. The van der Waals surface area contributed by atoms with Crippen LogP contribution in [-0.2, 0) is 9.53 Å². The quantitative estimate of drug-likeness (QED) is 0.478. The Morgan fingerprint density at radius 3 is 2.29 bits per heavy atom. The van der Waals surface area contributed by atoms with Gasteiger partial charge in [-0.1, -0.05) is 6.92 Å². The van der Waals surface area contributed by atoms with Gasteiger partial charge in [0.05, 0.1) is 29.4 Å². The SMILES string of the molecule is CCCC(=O)N1CCN(c2ccc(NC(=O)c3cc([N+](=O)[O-])ccc3N3CCOCC3)cc2)CC1. The number of piperazine rings is 1. The number of nitro benzene ring substituents is 1. The molecule has 10 heteroatoms. The molecule has 0 radical (unpaired) electrons. The smallest absolute Gasteiger partial charge is 0.270 e. The number of amides is 2. The number of hydrogen-bond acceptors (Lipinski definition) is 7. The van der Waals surface area contributed by atoms with E-state index in [1.165, 1.54) is 12.1 Å². The third-order valence-corrected chi connectivity index (χ3v) is 6.37. The molecule has 0 aromatic heterocycles. The lowest BCUT2D eigenvalue weighted by atomic mass is 10.1. The molecule has 2 aliphatic heterocycles. The van der Waals surface area contributed by atoms with Crippen LogP contribution in [0.2, 0.25) is 0 Å². The maximum absolute atomic E-state index is 13.2. The fourth-order valence-electron chi connectivity index (χ4n) is 4.44. The van der Waals surface area contributed by atoms with Crippen LogP contribution in [0.15, 0.2) is 42.5 Å². The third kappa shape index (κ3) is 5.89. The molecule has 4 rings (SSSR count). The summed E-state index contributed by atoms with van der Waals surface area (Å²) in [7, 11) is 0. The molecule has 2 aromatic carbocycles. The van der Waals surface area contributed by atoms with Gasteiger partial charge in [-0.25, -0.2) is 0 Å². The van der Waals surface area contributed by atoms with Crippen molar-refractivity contribution in [1.82, 2.24) is 4.90 Å². The summed E-state index contributed by atoms with van der Waals surface area (Å²) in [5, 5.41) is 14.2. The van der Waals surface area contributed by atoms with Crippen LogP contribution in [0.5, 0.6) is 0 Å². The second-order valence-electron chi connectivity index (χ2n) is 8.68. The summed E-state index contributed by atoms with van der Waals surface area (Å²) in [6.07, 6.45) is 1.45. The van der Waals surface area contributed by atoms with Gasteiger partial charge in [-0.05, 0) is 36.8 Å². The number of nitro groups is 1. The molecule has 0 spiro atoms. The van der Waals surface area contributed by atoms with E-state index in [2.05, 4.69) is 10.2 Å². The van der Waals surface area contributed by atoms with Gasteiger partial charge in [0.15, 0.2) is 0 Å². The van der Waals surface area contributed by atoms with Crippen molar-refractivity contribution in [3.05, 3.63) is 58.1 Å². The zero-order chi connectivity index (χ0) is 24.8. The average molecular weight is 482 g/mol. The monoisotopic (exact) mass is 481 g/mol. The summed E-state index contributed by atoms with van der Waals surface area (Å²) < 4.78 is 5.39. The van der Waals surface area contributed by atoms with E-state index >= 15 is 0 Å². The minimum Gasteiger partial charge on any atom is -0.378 e. The van der Waals surface area contributed by atoms with Crippen LogP contribution in [0.4, 0.5) is 22.7 Å². The largest absolute Gasteiger partial charge is 0.378 e. The number of hydrogen-bond donors (Lipinski definition) is 1. The first kappa shape index (κ1) is 24.5. The van der Waals surface area contributed by atoms with Gasteiger partial charge in [0.1, 0.15) is 0 Å². The molecule has 0 aliphatic carbocycles. The zero-order valence-electron chi connectivity index (χ0n) is 19.9. The van der Waals surface area contributed by atoms with Gasteiger partial charge in [-0.3, -0.25) is 19.7 Å². The van der Waals surface area contributed by atoms with Gasteiger partial charge in [-0.15, -0.1) is 0 Å². The van der Waals surface area contributed by atoms with Crippen molar-refractivity contribution >= 4 is 34.6 Å². The number of nitrogens with zero attached hydrogens (tertiary/aromatic N) is 4. The van der Waals surface area contributed by atoms with Gasteiger partial charge in [0, 0.05) is 69.2 Å². The van der Waals surface area contributed by atoms with E-state index in [-0.39, 0.29) is 17.2 Å². The fraction of sp³-hybridized carbons (Fsp3) is 0.440. The molecule has 0 bridgehead atoms. The van der Waals surface area contributed by atoms with Crippen molar-refractivity contribution in [1.29, 1.82) is 0 Å². The highest BCUT2D eigenvalue weighted by atomic mass is 16.6. The summed E-state index contributed by atoms with van der Waals surface area (Å²) in [6, 6.07) is 11.9. The highest BCUT2D eigenvalue weighted by molar-refractivity contribution is 6.08. The standard InChI is InChI=1S/C25H31N5O5/c1-2-3-24(31)29-12-10-27(11-13-29)20-6-4-19(5-7-20)26-25(32)22-18-21(30(33)34)8-9-23(22)28-14-16-35-17-15-28/h4-9,18H,2-3,10-17H2,1H3,(H,26,32). The number of ether oxygens (including phenoxy) is 1. The molecule has 35 heavy (non-hydrogen) atoms. The van der Waals surface area contributed by atoms with Gasteiger partial charge in [0.2, 0.25) is 5.91 Å². The molecule has 10 nitrogen and oxygen atoms in total. The van der Waals surface area contributed by atoms with E-state index in [0.29, 0.717) is 57.2 Å². The predicted molar refractivity (Wildman–Crippen MR) is 134 cm³/mol. The number of morpholine rings is 1. The Labute approximate surface area is 204 Å². The Morgan fingerprint density at radius 2 is 1.66 bits per heavy atom.